The highest BCUT2D eigenvalue weighted by Gasteiger charge is 2.13. The van der Waals surface area contributed by atoms with Crippen molar-refractivity contribution >= 4 is 29.2 Å². The van der Waals surface area contributed by atoms with Gasteiger partial charge in [-0.2, -0.15) is 0 Å². The summed E-state index contributed by atoms with van der Waals surface area (Å²) < 4.78 is 4.70. The van der Waals surface area contributed by atoms with E-state index in [-0.39, 0.29) is 5.91 Å². The Labute approximate surface area is 134 Å². The standard InChI is InChI=1S/C17H16ClNO3/c1-22-17(21)14-7-2-3-8-15(14)19-16(20)10-9-12-5-4-6-13(18)11-12/h2-8,11H,9-10H2,1H3,(H,19,20). The number of aryl methyl sites for hydroxylation is 1. The number of esters is 1. The minimum Gasteiger partial charge on any atom is -0.465 e. The van der Waals surface area contributed by atoms with Gasteiger partial charge in [0.15, 0.2) is 0 Å². The molecule has 0 fully saturated rings. The second kappa shape index (κ2) is 7.61. The Balaban J connectivity index is 1.99. The number of methoxy groups -OCH3 is 1. The molecule has 0 aliphatic heterocycles. The molecule has 4 nitrogen and oxygen atoms in total. The molecule has 2 aromatic carbocycles. The lowest BCUT2D eigenvalue weighted by Gasteiger charge is -2.09. The highest BCUT2D eigenvalue weighted by atomic mass is 35.5. The van der Waals surface area contributed by atoms with Crippen LogP contribution in [0.2, 0.25) is 5.02 Å². The maximum Gasteiger partial charge on any atom is 0.339 e. The summed E-state index contributed by atoms with van der Waals surface area (Å²) in [5.41, 5.74) is 1.77. The fourth-order valence-electron chi connectivity index (χ4n) is 2.04. The molecule has 1 amide bonds. The summed E-state index contributed by atoms with van der Waals surface area (Å²) in [6.45, 7) is 0. The van der Waals surface area contributed by atoms with Crippen LogP contribution in [-0.2, 0) is 16.0 Å². The van der Waals surface area contributed by atoms with Crippen molar-refractivity contribution in [3.05, 3.63) is 64.7 Å². The highest BCUT2D eigenvalue weighted by molar-refractivity contribution is 6.30. The smallest absolute Gasteiger partial charge is 0.339 e. The average Bonchev–Trinajstić information content (AvgIpc) is 2.53. The SMILES string of the molecule is COC(=O)c1ccccc1NC(=O)CCc1cccc(Cl)c1. The number of anilines is 1. The summed E-state index contributed by atoms with van der Waals surface area (Å²) in [4.78, 5) is 23.7. The Morgan fingerprint density at radius 3 is 2.64 bits per heavy atom. The molecule has 2 aromatic rings. The van der Waals surface area contributed by atoms with Gasteiger partial charge in [0.05, 0.1) is 18.4 Å². The number of amides is 1. The average molecular weight is 318 g/mol. The van der Waals surface area contributed by atoms with Crippen LogP contribution in [0.15, 0.2) is 48.5 Å². The molecule has 114 valence electrons. The van der Waals surface area contributed by atoms with E-state index in [1.165, 1.54) is 7.11 Å². The molecule has 0 spiro atoms. The molecule has 0 saturated carbocycles. The van der Waals surface area contributed by atoms with Crippen LogP contribution in [0.3, 0.4) is 0 Å². The van der Waals surface area contributed by atoms with E-state index in [9.17, 15) is 9.59 Å². The number of ether oxygens (including phenoxy) is 1. The van der Waals surface area contributed by atoms with Crippen LogP contribution in [0.4, 0.5) is 5.69 Å². The number of benzene rings is 2. The molecule has 0 heterocycles. The summed E-state index contributed by atoms with van der Waals surface area (Å²) >= 11 is 5.91. The van der Waals surface area contributed by atoms with E-state index >= 15 is 0 Å². The lowest BCUT2D eigenvalue weighted by molar-refractivity contribution is -0.116. The third-order valence-electron chi connectivity index (χ3n) is 3.14. The van der Waals surface area contributed by atoms with Crippen molar-refractivity contribution in [1.82, 2.24) is 0 Å². The molecule has 1 N–H and O–H groups in total. The molecule has 0 atom stereocenters. The largest absolute Gasteiger partial charge is 0.465 e. The van der Waals surface area contributed by atoms with Gasteiger partial charge in [0.2, 0.25) is 5.91 Å². The minimum atomic E-state index is -0.481. The van der Waals surface area contributed by atoms with Gasteiger partial charge in [0.25, 0.3) is 0 Å². The van der Waals surface area contributed by atoms with E-state index < -0.39 is 5.97 Å². The van der Waals surface area contributed by atoms with E-state index in [1.807, 2.05) is 18.2 Å². The normalized spacial score (nSPS) is 10.1. The van der Waals surface area contributed by atoms with Gasteiger partial charge in [-0.05, 0) is 36.2 Å². The fourth-order valence-corrected chi connectivity index (χ4v) is 2.26. The molecule has 0 aliphatic carbocycles. The van der Waals surface area contributed by atoms with Gasteiger partial charge in [-0.3, -0.25) is 4.79 Å². The first-order chi connectivity index (χ1) is 10.6. The topological polar surface area (TPSA) is 55.4 Å². The zero-order valence-electron chi connectivity index (χ0n) is 12.1. The summed E-state index contributed by atoms with van der Waals surface area (Å²) in [6.07, 6.45) is 0.878. The Morgan fingerprint density at radius 1 is 1.14 bits per heavy atom. The second-order valence-electron chi connectivity index (χ2n) is 4.72. The quantitative estimate of drug-likeness (QED) is 0.855. The third kappa shape index (κ3) is 4.33. The summed E-state index contributed by atoms with van der Waals surface area (Å²) in [6, 6.07) is 14.1. The first-order valence-electron chi connectivity index (χ1n) is 6.82. The number of para-hydroxylation sites is 1. The van der Waals surface area contributed by atoms with Crippen LogP contribution < -0.4 is 5.32 Å². The first-order valence-corrected chi connectivity index (χ1v) is 7.19. The Bertz CT molecular complexity index is 685. The zero-order chi connectivity index (χ0) is 15.9. The van der Waals surface area contributed by atoms with Crippen LogP contribution in [0.1, 0.15) is 22.3 Å². The van der Waals surface area contributed by atoms with Crippen molar-refractivity contribution in [1.29, 1.82) is 0 Å². The van der Waals surface area contributed by atoms with Crippen molar-refractivity contribution < 1.29 is 14.3 Å². The predicted molar refractivity (Wildman–Crippen MR) is 86.2 cm³/mol. The molecule has 5 heteroatoms. The predicted octanol–water partition coefficient (Wildman–Crippen LogP) is 3.70. The summed E-state index contributed by atoms with van der Waals surface area (Å²) in [5.74, 6) is -0.651. The zero-order valence-corrected chi connectivity index (χ0v) is 12.9. The molecule has 0 bridgehead atoms. The molecule has 2 rings (SSSR count). The van der Waals surface area contributed by atoms with Crippen molar-refractivity contribution in [3.8, 4) is 0 Å². The van der Waals surface area contributed by atoms with Gasteiger partial charge in [-0.25, -0.2) is 4.79 Å². The van der Waals surface area contributed by atoms with Crippen LogP contribution in [0, 0.1) is 0 Å². The Hall–Kier alpha value is -2.33. The summed E-state index contributed by atoms with van der Waals surface area (Å²) in [5, 5.41) is 3.39. The maximum absolute atomic E-state index is 12.0. The van der Waals surface area contributed by atoms with Crippen molar-refractivity contribution in [2.24, 2.45) is 0 Å². The molecule has 0 aliphatic rings. The summed E-state index contributed by atoms with van der Waals surface area (Å²) in [7, 11) is 1.31. The molecule has 0 radical (unpaired) electrons. The van der Waals surface area contributed by atoms with Gasteiger partial charge < -0.3 is 10.1 Å². The molecule has 0 saturated heterocycles. The molecular formula is C17H16ClNO3. The molecule has 0 unspecified atom stereocenters. The molecule has 0 aromatic heterocycles. The Morgan fingerprint density at radius 2 is 1.91 bits per heavy atom. The lowest BCUT2D eigenvalue weighted by atomic mass is 10.1. The van der Waals surface area contributed by atoms with E-state index in [1.54, 1.807) is 30.3 Å². The third-order valence-corrected chi connectivity index (χ3v) is 3.37. The van der Waals surface area contributed by atoms with E-state index in [2.05, 4.69) is 5.32 Å². The number of carbonyl (C=O) groups excluding carboxylic acids is 2. The van der Waals surface area contributed by atoms with E-state index in [0.29, 0.717) is 29.1 Å². The van der Waals surface area contributed by atoms with Crippen LogP contribution in [-0.4, -0.2) is 19.0 Å². The van der Waals surface area contributed by atoms with E-state index in [4.69, 9.17) is 16.3 Å². The number of nitrogens with one attached hydrogen (secondary N) is 1. The number of carbonyl (C=O) groups is 2. The van der Waals surface area contributed by atoms with Crippen LogP contribution >= 0.6 is 11.6 Å². The minimum absolute atomic E-state index is 0.170. The maximum atomic E-state index is 12.0. The van der Waals surface area contributed by atoms with Gasteiger partial charge in [-0.1, -0.05) is 35.9 Å². The molecule has 22 heavy (non-hydrogen) atoms. The van der Waals surface area contributed by atoms with Gasteiger partial charge in [0, 0.05) is 11.4 Å². The van der Waals surface area contributed by atoms with Gasteiger partial charge >= 0.3 is 5.97 Å². The number of hydrogen-bond acceptors (Lipinski definition) is 3. The first kappa shape index (κ1) is 16.0. The lowest BCUT2D eigenvalue weighted by Crippen LogP contribution is -2.15. The Kier molecular flexibility index (Phi) is 5.55. The number of hydrogen-bond donors (Lipinski definition) is 1. The van der Waals surface area contributed by atoms with Crippen molar-refractivity contribution in [2.75, 3.05) is 12.4 Å². The second-order valence-corrected chi connectivity index (χ2v) is 5.15. The number of halogens is 1. The van der Waals surface area contributed by atoms with Gasteiger partial charge in [-0.15, -0.1) is 0 Å². The fraction of sp³-hybridized carbons (Fsp3) is 0.176. The monoisotopic (exact) mass is 317 g/mol. The van der Waals surface area contributed by atoms with Crippen molar-refractivity contribution in [3.63, 3.8) is 0 Å². The van der Waals surface area contributed by atoms with Crippen molar-refractivity contribution in [2.45, 2.75) is 12.8 Å². The highest BCUT2D eigenvalue weighted by Crippen LogP contribution is 2.17. The van der Waals surface area contributed by atoms with Gasteiger partial charge in [0.1, 0.15) is 0 Å². The molecular weight excluding hydrogens is 302 g/mol. The van der Waals surface area contributed by atoms with E-state index in [0.717, 1.165) is 5.56 Å². The van der Waals surface area contributed by atoms with Crippen LogP contribution in [0.5, 0.6) is 0 Å². The number of rotatable bonds is 5. The van der Waals surface area contributed by atoms with Crippen LogP contribution in [0.25, 0.3) is 0 Å².